The quantitative estimate of drug-likeness (QED) is 0.509. The van der Waals surface area contributed by atoms with Crippen molar-refractivity contribution in [1.29, 1.82) is 5.26 Å². The third-order valence-electron chi connectivity index (χ3n) is 9.27. The van der Waals surface area contributed by atoms with Gasteiger partial charge in [0.15, 0.2) is 0 Å². The number of likely N-dealkylation sites (tertiary alicyclic amines) is 1. The van der Waals surface area contributed by atoms with Gasteiger partial charge in [-0.2, -0.15) is 10.4 Å². The minimum atomic E-state index is -0.195. The van der Waals surface area contributed by atoms with Crippen LogP contribution in [0.5, 0.6) is 0 Å². The number of ether oxygens (including phenoxy) is 1. The molecule has 0 radical (unpaired) electrons. The number of aliphatic imine (C=N–C) groups is 1. The maximum Gasteiger partial charge on any atom is 0.291 e. The summed E-state index contributed by atoms with van der Waals surface area (Å²) in [5.41, 5.74) is 5.74. The Labute approximate surface area is 247 Å². The number of nitrogens with zero attached hydrogens (tertiary/aromatic N) is 7. The summed E-state index contributed by atoms with van der Waals surface area (Å²) in [7, 11) is 2.15. The maximum atomic E-state index is 12.6. The molecule has 0 bridgehead atoms. The highest BCUT2D eigenvalue weighted by Crippen LogP contribution is 2.35. The Morgan fingerprint density at radius 2 is 2.12 bits per heavy atom. The van der Waals surface area contributed by atoms with Crippen molar-refractivity contribution in [3.05, 3.63) is 47.8 Å². The number of amidine groups is 1. The zero-order chi connectivity index (χ0) is 29.2. The van der Waals surface area contributed by atoms with Gasteiger partial charge in [0, 0.05) is 37.6 Å². The van der Waals surface area contributed by atoms with Crippen LogP contribution in [0.15, 0.2) is 47.2 Å². The fraction of sp³-hybridized carbons (Fsp3) is 0.548. The highest BCUT2D eigenvalue weighted by molar-refractivity contribution is 5.93. The molecule has 42 heavy (non-hydrogen) atoms. The predicted octanol–water partition coefficient (Wildman–Crippen LogP) is 2.73. The molecule has 6 rings (SSSR count). The number of anilines is 1. The number of aromatic nitrogens is 2. The van der Waals surface area contributed by atoms with Gasteiger partial charge in [0.1, 0.15) is 12.8 Å². The maximum absolute atomic E-state index is 12.6. The number of nitrogens with one attached hydrogen (secondary N) is 2. The van der Waals surface area contributed by atoms with Gasteiger partial charge in [0.2, 0.25) is 5.91 Å². The number of aromatic amines is 1. The van der Waals surface area contributed by atoms with Crippen molar-refractivity contribution in [2.24, 2.45) is 4.99 Å². The molecule has 3 atom stereocenters. The van der Waals surface area contributed by atoms with E-state index in [0.29, 0.717) is 44.8 Å². The summed E-state index contributed by atoms with van der Waals surface area (Å²) in [5.74, 6) is -0.119. The lowest BCUT2D eigenvalue weighted by Gasteiger charge is -2.45. The summed E-state index contributed by atoms with van der Waals surface area (Å²) in [5, 5.41) is 21.7. The van der Waals surface area contributed by atoms with E-state index in [9.17, 15) is 10.1 Å². The third kappa shape index (κ3) is 5.49. The SMILES string of the molecule is C=CC(=O)N1CCN(C2NC(OC[C@@H]3CCCN3C)=NC3=C2CCCN(c2c(C)ccc4[nH]ncc24)C3)C[C@@H]1CC#N. The van der Waals surface area contributed by atoms with Gasteiger partial charge in [-0.3, -0.25) is 14.8 Å². The normalized spacial score (nSPS) is 25.5. The number of nitriles is 1. The highest BCUT2D eigenvalue weighted by Gasteiger charge is 2.38. The van der Waals surface area contributed by atoms with Crippen LogP contribution in [0.25, 0.3) is 10.9 Å². The molecule has 4 aliphatic rings. The Bertz CT molecular complexity index is 1440. The number of likely N-dealkylation sites (N-methyl/N-ethyl adjacent to an activating group) is 1. The zero-order valence-corrected chi connectivity index (χ0v) is 24.7. The summed E-state index contributed by atoms with van der Waals surface area (Å²) in [6, 6.07) is 7.26. The summed E-state index contributed by atoms with van der Waals surface area (Å²) < 4.78 is 6.39. The molecule has 5 heterocycles. The van der Waals surface area contributed by atoms with Gasteiger partial charge in [0.05, 0.1) is 48.2 Å². The Balaban J connectivity index is 1.31. The molecule has 2 aromatic rings. The average molecular weight is 572 g/mol. The van der Waals surface area contributed by atoms with Gasteiger partial charge < -0.3 is 24.8 Å². The molecule has 11 nitrogen and oxygen atoms in total. The van der Waals surface area contributed by atoms with Crippen molar-refractivity contribution in [2.45, 2.75) is 57.3 Å². The van der Waals surface area contributed by atoms with E-state index in [4.69, 9.17) is 9.73 Å². The minimum absolute atomic E-state index is 0.109. The number of benzene rings is 1. The smallest absolute Gasteiger partial charge is 0.291 e. The number of carbonyl (C=O) groups excluding carboxylic acids is 1. The standard InChI is InChI=1S/C31H41N9O2/c1-4-28(41)40-16-15-39(18-22(40)11-12-32)30-24-8-6-14-38(29-21(2)9-10-26-25(29)17-33-36-26)19-27(24)34-31(35-30)42-20-23-7-5-13-37(23)3/h4,9-10,17,22-23,30H,1,5-8,11,13-16,18-20H2,2-3H3,(H,33,36)(H,34,35)/t22-,23-,30?/m0/s1. The first-order chi connectivity index (χ1) is 20.5. The molecular weight excluding hydrogens is 530 g/mol. The molecule has 1 unspecified atom stereocenters. The predicted molar refractivity (Wildman–Crippen MR) is 163 cm³/mol. The number of H-pyrrole nitrogens is 1. The number of piperazine rings is 1. The van der Waals surface area contributed by atoms with Crippen molar-refractivity contribution in [2.75, 3.05) is 57.8 Å². The Hall–Kier alpha value is -3.88. The Morgan fingerprint density at radius 1 is 1.24 bits per heavy atom. The van der Waals surface area contributed by atoms with Crippen molar-refractivity contribution in [3.8, 4) is 6.07 Å². The molecule has 1 amide bonds. The van der Waals surface area contributed by atoms with Crippen LogP contribution in [0.3, 0.4) is 0 Å². The molecular formula is C31H41N9O2. The molecule has 2 fully saturated rings. The van der Waals surface area contributed by atoms with Gasteiger partial charge >= 0.3 is 0 Å². The number of aryl methyl sites for hydroxylation is 1. The van der Waals surface area contributed by atoms with E-state index in [1.807, 2.05) is 6.20 Å². The van der Waals surface area contributed by atoms with Crippen LogP contribution in [-0.2, 0) is 9.53 Å². The van der Waals surface area contributed by atoms with Crippen LogP contribution in [0.4, 0.5) is 5.69 Å². The molecule has 2 saturated heterocycles. The van der Waals surface area contributed by atoms with Gasteiger partial charge in [0.25, 0.3) is 6.02 Å². The third-order valence-corrected chi connectivity index (χ3v) is 9.27. The minimum Gasteiger partial charge on any atom is -0.463 e. The monoisotopic (exact) mass is 571 g/mol. The van der Waals surface area contributed by atoms with E-state index >= 15 is 0 Å². The summed E-state index contributed by atoms with van der Waals surface area (Å²) in [4.78, 5) is 26.6. The number of hydrogen-bond acceptors (Lipinski definition) is 9. The van der Waals surface area contributed by atoms with E-state index in [1.165, 1.54) is 29.3 Å². The van der Waals surface area contributed by atoms with E-state index in [0.717, 1.165) is 49.0 Å². The van der Waals surface area contributed by atoms with Crippen LogP contribution >= 0.6 is 0 Å². The number of carbonyl (C=O) groups is 1. The molecule has 11 heteroatoms. The van der Waals surface area contributed by atoms with Crippen LogP contribution < -0.4 is 10.2 Å². The van der Waals surface area contributed by atoms with Gasteiger partial charge in [-0.05, 0) is 69.5 Å². The van der Waals surface area contributed by atoms with Gasteiger partial charge in [-0.1, -0.05) is 12.6 Å². The zero-order valence-electron chi connectivity index (χ0n) is 24.7. The molecule has 4 aliphatic heterocycles. The summed E-state index contributed by atoms with van der Waals surface area (Å²) in [6.07, 6.45) is 7.63. The molecule has 0 spiro atoms. The highest BCUT2D eigenvalue weighted by atomic mass is 16.5. The molecule has 1 aromatic carbocycles. The number of hydrogen-bond donors (Lipinski definition) is 2. The topological polar surface area (TPSA) is 116 Å². The molecule has 2 N–H and O–H groups in total. The van der Waals surface area contributed by atoms with Crippen LogP contribution in [0.2, 0.25) is 0 Å². The summed E-state index contributed by atoms with van der Waals surface area (Å²) >= 11 is 0. The van der Waals surface area contributed by atoms with E-state index in [-0.39, 0.29) is 24.5 Å². The van der Waals surface area contributed by atoms with E-state index < -0.39 is 0 Å². The van der Waals surface area contributed by atoms with Crippen molar-refractivity contribution < 1.29 is 9.53 Å². The van der Waals surface area contributed by atoms with Crippen LogP contribution in [0.1, 0.15) is 37.7 Å². The lowest BCUT2D eigenvalue weighted by Crippen LogP contribution is -2.62. The van der Waals surface area contributed by atoms with E-state index in [2.05, 4.69) is 69.0 Å². The molecule has 0 saturated carbocycles. The Kier molecular flexibility index (Phi) is 8.18. The Morgan fingerprint density at radius 3 is 2.90 bits per heavy atom. The molecule has 222 valence electrons. The number of amides is 1. The lowest BCUT2D eigenvalue weighted by molar-refractivity contribution is -0.131. The van der Waals surface area contributed by atoms with E-state index in [1.54, 1.807) is 4.90 Å². The first-order valence-corrected chi connectivity index (χ1v) is 15.1. The van der Waals surface area contributed by atoms with Crippen LogP contribution in [0, 0.1) is 18.3 Å². The van der Waals surface area contributed by atoms with Crippen molar-refractivity contribution >= 4 is 28.5 Å². The largest absolute Gasteiger partial charge is 0.463 e. The fourth-order valence-corrected chi connectivity index (χ4v) is 7.00. The molecule has 0 aliphatic carbocycles. The van der Waals surface area contributed by atoms with Gasteiger partial charge in [-0.25, -0.2) is 4.99 Å². The molecule has 1 aromatic heterocycles. The first kappa shape index (κ1) is 28.2. The summed E-state index contributed by atoms with van der Waals surface area (Å²) in [6.45, 7) is 10.9. The average Bonchev–Trinajstić information content (AvgIpc) is 3.58. The van der Waals surface area contributed by atoms with Gasteiger partial charge in [-0.15, -0.1) is 0 Å². The second kappa shape index (κ2) is 12.2. The lowest BCUT2D eigenvalue weighted by atomic mass is 10.0. The van der Waals surface area contributed by atoms with Crippen molar-refractivity contribution in [3.63, 3.8) is 0 Å². The van der Waals surface area contributed by atoms with Crippen LogP contribution in [-0.4, -0.2) is 108 Å². The number of fused-ring (bicyclic) bond motifs is 1. The number of rotatable bonds is 6. The fourth-order valence-electron chi connectivity index (χ4n) is 7.00. The van der Waals surface area contributed by atoms with Crippen molar-refractivity contribution in [1.82, 2.24) is 30.2 Å². The first-order valence-electron chi connectivity index (χ1n) is 15.1. The second-order valence-corrected chi connectivity index (χ2v) is 11.9. The second-order valence-electron chi connectivity index (χ2n) is 11.9.